The predicted octanol–water partition coefficient (Wildman–Crippen LogP) is 2.19. The Kier molecular flexibility index (Phi) is 4.62. The molecule has 1 aromatic carbocycles. The number of carbonyl (C=O) groups excluding carboxylic acids is 2. The van der Waals surface area contributed by atoms with Crippen LogP contribution in [-0.4, -0.2) is 28.5 Å². The maximum atomic E-state index is 12.4. The number of nitrogens with zero attached hydrogens (tertiary/aromatic N) is 2. The molecule has 2 aromatic heterocycles. The second-order valence-corrected chi connectivity index (χ2v) is 6.31. The molecule has 1 N–H and O–H groups in total. The monoisotopic (exact) mass is 357 g/mol. The molecule has 0 aliphatic heterocycles. The number of benzene rings is 1. The van der Waals surface area contributed by atoms with E-state index in [0.717, 1.165) is 16.7 Å². The summed E-state index contributed by atoms with van der Waals surface area (Å²) in [6.45, 7) is 1.52. The molecule has 7 nitrogen and oxygen atoms in total. The third kappa shape index (κ3) is 3.43. The Balaban J connectivity index is 1.78. The summed E-state index contributed by atoms with van der Waals surface area (Å²) in [6, 6.07) is 8.98. The van der Waals surface area contributed by atoms with Gasteiger partial charge in [-0.25, -0.2) is 9.78 Å². The summed E-state index contributed by atoms with van der Waals surface area (Å²) >= 11 is 1.03. The lowest BCUT2D eigenvalue weighted by Crippen LogP contribution is -2.27. The van der Waals surface area contributed by atoms with Gasteiger partial charge in [0.25, 0.3) is 5.56 Å². The van der Waals surface area contributed by atoms with Crippen LogP contribution in [0.3, 0.4) is 0 Å². The Labute approximate surface area is 146 Å². The van der Waals surface area contributed by atoms with Gasteiger partial charge in [0.1, 0.15) is 11.4 Å². The van der Waals surface area contributed by atoms with E-state index in [0.29, 0.717) is 16.0 Å². The van der Waals surface area contributed by atoms with Crippen LogP contribution in [0.5, 0.6) is 0 Å². The first-order valence-corrected chi connectivity index (χ1v) is 8.25. The maximum absolute atomic E-state index is 12.4. The summed E-state index contributed by atoms with van der Waals surface area (Å²) in [5.74, 6) is -0.899. The molecule has 8 heteroatoms. The number of carbonyl (C=O) groups is 2. The van der Waals surface area contributed by atoms with Gasteiger partial charge in [0.2, 0.25) is 5.91 Å². The van der Waals surface area contributed by atoms with Crippen LogP contribution in [-0.2, 0) is 16.1 Å². The van der Waals surface area contributed by atoms with E-state index in [2.05, 4.69) is 15.0 Å². The molecule has 0 aliphatic rings. The van der Waals surface area contributed by atoms with Gasteiger partial charge in [0, 0.05) is 11.6 Å². The van der Waals surface area contributed by atoms with E-state index >= 15 is 0 Å². The van der Waals surface area contributed by atoms with Crippen LogP contribution in [0.15, 0.2) is 41.3 Å². The van der Waals surface area contributed by atoms with Crippen LogP contribution in [0.2, 0.25) is 0 Å². The number of pyridine rings is 1. The highest BCUT2D eigenvalue weighted by Crippen LogP contribution is 2.23. The molecule has 0 aliphatic carbocycles. The Hall–Kier alpha value is -3.00. The van der Waals surface area contributed by atoms with Crippen LogP contribution in [0.1, 0.15) is 15.4 Å². The second kappa shape index (κ2) is 6.86. The van der Waals surface area contributed by atoms with Crippen LogP contribution in [0, 0.1) is 6.92 Å². The van der Waals surface area contributed by atoms with Gasteiger partial charge in [0.05, 0.1) is 12.8 Å². The maximum Gasteiger partial charge on any atom is 0.350 e. The molecule has 3 aromatic rings. The average molecular weight is 357 g/mol. The van der Waals surface area contributed by atoms with Crippen molar-refractivity contribution >= 4 is 39.1 Å². The van der Waals surface area contributed by atoms with Crippen LogP contribution in [0.25, 0.3) is 10.8 Å². The Bertz CT molecular complexity index is 1020. The summed E-state index contributed by atoms with van der Waals surface area (Å²) in [5.41, 5.74) is 0.244. The highest BCUT2D eigenvalue weighted by Gasteiger charge is 2.17. The van der Waals surface area contributed by atoms with E-state index in [1.807, 2.05) is 12.1 Å². The molecule has 2 heterocycles. The van der Waals surface area contributed by atoms with Crippen molar-refractivity contribution in [3.05, 3.63) is 57.5 Å². The molecule has 0 bridgehead atoms. The van der Waals surface area contributed by atoms with E-state index in [4.69, 9.17) is 0 Å². The van der Waals surface area contributed by atoms with E-state index in [-0.39, 0.29) is 17.2 Å². The second-order valence-electron chi connectivity index (χ2n) is 5.31. The first-order chi connectivity index (χ1) is 12.0. The number of rotatable bonds is 4. The summed E-state index contributed by atoms with van der Waals surface area (Å²) < 4.78 is 5.99. The normalized spacial score (nSPS) is 10.6. The van der Waals surface area contributed by atoms with Crippen molar-refractivity contribution in [1.82, 2.24) is 9.55 Å². The van der Waals surface area contributed by atoms with E-state index in [1.54, 1.807) is 31.3 Å². The van der Waals surface area contributed by atoms with Crippen molar-refractivity contribution < 1.29 is 14.3 Å². The van der Waals surface area contributed by atoms with Gasteiger partial charge in [-0.05, 0) is 24.4 Å². The van der Waals surface area contributed by atoms with Gasteiger partial charge < -0.3 is 14.6 Å². The third-order valence-corrected chi connectivity index (χ3v) is 4.67. The minimum atomic E-state index is -0.499. The Morgan fingerprint density at radius 2 is 2.04 bits per heavy atom. The highest BCUT2D eigenvalue weighted by atomic mass is 32.1. The van der Waals surface area contributed by atoms with Gasteiger partial charge in [-0.3, -0.25) is 9.59 Å². The number of aromatic nitrogens is 2. The molecule has 0 spiro atoms. The third-order valence-electron chi connectivity index (χ3n) is 3.61. The molecule has 0 atom stereocenters. The molecular formula is C17H15N3O4S. The largest absolute Gasteiger partial charge is 0.465 e. The number of thiazole rings is 1. The number of anilines is 1. The van der Waals surface area contributed by atoms with Crippen molar-refractivity contribution in [3.8, 4) is 0 Å². The number of hydrogen-bond donors (Lipinski definition) is 1. The highest BCUT2D eigenvalue weighted by molar-refractivity contribution is 7.17. The molecule has 3 rings (SSSR count). The Morgan fingerprint density at radius 3 is 2.80 bits per heavy atom. The number of hydrogen-bond acceptors (Lipinski definition) is 6. The molecule has 128 valence electrons. The van der Waals surface area contributed by atoms with Crippen molar-refractivity contribution in [2.45, 2.75) is 13.5 Å². The number of methoxy groups -OCH3 is 1. The van der Waals surface area contributed by atoms with Gasteiger partial charge in [0.15, 0.2) is 5.13 Å². The SMILES string of the molecule is COC(=O)c1sc(NC(=O)Cn2ccc3ccccc3c2=O)nc1C. The number of aryl methyl sites for hydroxylation is 1. The zero-order valence-electron chi connectivity index (χ0n) is 13.6. The molecule has 0 radical (unpaired) electrons. The van der Waals surface area contributed by atoms with Crippen LogP contribution >= 0.6 is 11.3 Å². The molecule has 1 amide bonds. The zero-order chi connectivity index (χ0) is 18.0. The molecule has 0 unspecified atom stereocenters. The predicted molar refractivity (Wildman–Crippen MR) is 95.0 cm³/mol. The molecule has 0 fully saturated rings. The van der Waals surface area contributed by atoms with Gasteiger partial charge in [-0.2, -0.15) is 0 Å². The van der Waals surface area contributed by atoms with E-state index in [1.165, 1.54) is 11.7 Å². The zero-order valence-corrected chi connectivity index (χ0v) is 14.4. The lowest BCUT2D eigenvalue weighted by atomic mass is 10.2. The number of fused-ring (bicyclic) bond motifs is 1. The average Bonchev–Trinajstić information content (AvgIpc) is 2.97. The number of nitrogens with one attached hydrogen (secondary N) is 1. The molecule has 25 heavy (non-hydrogen) atoms. The first kappa shape index (κ1) is 16.8. The number of esters is 1. The quantitative estimate of drug-likeness (QED) is 0.723. The van der Waals surface area contributed by atoms with Crippen molar-refractivity contribution in [1.29, 1.82) is 0 Å². The van der Waals surface area contributed by atoms with Gasteiger partial charge in [-0.1, -0.05) is 29.5 Å². The summed E-state index contributed by atoms with van der Waals surface area (Å²) in [4.78, 5) is 40.7. The van der Waals surface area contributed by atoms with Gasteiger partial charge in [-0.15, -0.1) is 0 Å². The van der Waals surface area contributed by atoms with Crippen molar-refractivity contribution in [3.63, 3.8) is 0 Å². The number of amides is 1. The number of ether oxygens (including phenoxy) is 1. The summed E-state index contributed by atoms with van der Waals surface area (Å²) in [7, 11) is 1.28. The molecular weight excluding hydrogens is 342 g/mol. The lowest BCUT2D eigenvalue weighted by Gasteiger charge is -2.06. The van der Waals surface area contributed by atoms with Crippen LogP contribution < -0.4 is 10.9 Å². The van der Waals surface area contributed by atoms with E-state index < -0.39 is 11.9 Å². The van der Waals surface area contributed by atoms with Gasteiger partial charge >= 0.3 is 5.97 Å². The summed E-state index contributed by atoms with van der Waals surface area (Å²) in [6.07, 6.45) is 1.58. The smallest absolute Gasteiger partial charge is 0.350 e. The fourth-order valence-electron chi connectivity index (χ4n) is 2.40. The first-order valence-electron chi connectivity index (χ1n) is 7.43. The molecule has 0 saturated carbocycles. The fourth-order valence-corrected chi connectivity index (χ4v) is 3.30. The fraction of sp³-hybridized carbons (Fsp3) is 0.176. The minimum Gasteiger partial charge on any atom is -0.465 e. The standard InChI is InChI=1S/C17H15N3O4S/c1-10-14(16(23)24-2)25-17(18-10)19-13(21)9-20-8-7-11-5-3-4-6-12(11)15(20)22/h3-8H,9H2,1-2H3,(H,18,19,21). The van der Waals surface area contributed by atoms with E-state index in [9.17, 15) is 14.4 Å². The van der Waals surface area contributed by atoms with Crippen molar-refractivity contribution in [2.75, 3.05) is 12.4 Å². The Morgan fingerprint density at radius 1 is 1.28 bits per heavy atom. The summed E-state index contributed by atoms with van der Waals surface area (Å²) in [5, 5.41) is 4.27. The molecule has 0 saturated heterocycles. The van der Waals surface area contributed by atoms with Crippen LogP contribution in [0.4, 0.5) is 5.13 Å². The van der Waals surface area contributed by atoms with Crippen molar-refractivity contribution in [2.24, 2.45) is 0 Å². The lowest BCUT2D eigenvalue weighted by molar-refractivity contribution is -0.116. The topological polar surface area (TPSA) is 90.3 Å². The minimum absolute atomic E-state index is 0.143.